The van der Waals surface area contributed by atoms with E-state index in [-0.39, 0.29) is 12.2 Å². The topological polar surface area (TPSA) is 55.8 Å². The van der Waals surface area contributed by atoms with Crippen molar-refractivity contribution < 1.29 is 23.5 Å². The van der Waals surface area contributed by atoms with Crippen molar-refractivity contribution in [3.05, 3.63) is 24.0 Å². The number of benzene rings is 1. The zero-order chi connectivity index (χ0) is 13.7. The minimum absolute atomic E-state index is 0.0903. The average molecular weight is 255 g/mol. The van der Waals surface area contributed by atoms with Crippen LogP contribution >= 0.6 is 0 Å². The fraction of sp³-hybridized carbons (Fsp3) is 0.333. The molecule has 0 radical (unpaired) electrons. The predicted octanol–water partition coefficient (Wildman–Crippen LogP) is 1.36. The number of halogens is 1. The van der Waals surface area contributed by atoms with E-state index in [9.17, 15) is 14.0 Å². The molecular weight excluding hydrogens is 241 g/mol. The largest absolute Gasteiger partial charge is 0.494 e. The van der Waals surface area contributed by atoms with Crippen LogP contribution < -0.4 is 9.64 Å². The Hall–Kier alpha value is -2.11. The zero-order valence-electron chi connectivity index (χ0n) is 10.4. The van der Waals surface area contributed by atoms with Crippen LogP contribution in [-0.4, -0.2) is 33.1 Å². The summed E-state index contributed by atoms with van der Waals surface area (Å²) in [6.45, 7) is 0. The van der Waals surface area contributed by atoms with E-state index < -0.39 is 17.7 Å². The van der Waals surface area contributed by atoms with E-state index in [1.807, 2.05) is 0 Å². The van der Waals surface area contributed by atoms with E-state index in [1.54, 1.807) is 0 Å². The third kappa shape index (κ3) is 3.19. The van der Waals surface area contributed by atoms with E-state index in [1.165, 1.54) is 38.3 Å². The molecule has 0 atom stereocenters. The standard InChI is InChI=1S/C12H14FNO4/c1-14(11(15)7-12(16)18-3)8-4-5-10(17-2)9(13)6-8/h4-6H,7H2,1-3H3. The van der Waals surface area contributed by atoms with Crippen molar-refractivity contribution in [3.8, 4) is 5.75 Å². The number of nitrogens with zero attached hydrogens (tertiary/aromatic N) is 1. The second-order valence-corrected chi connectivity index (χ2v) is 3.52. The lowest BCUT2D eigenvalue weighted by Crippen LogP contribution is -2.28. The maximum absolute atomic E-state index is 13.4. The lowest BCUT2D eigenvalue weighted by atomic mass is 10.2. The van der Waals surface area contributed by atoms with Gasteiger partial charge < -0.3 is 14.4 Å². The molecule has 98 valence electrons. The number of hydrogen-bond acceptors (Lipinski definition) is 4. The molecule has 0 spiro atoms. The molecule has 1 amide bonds. The molecule has 0 bridgehead atoms. The lowest BCUT2D eigenvalue weighted by molar-refractivity contribution is -0.143. The highest BCUT2D eigenvalue weighted by Gasteiger charge is 2.16. The summed E-state index contributed by atoms with van der Waals surface area (Å²) >= 11 is 0. The van der Waals surface area contributed by atoms with Crippen LogP contribution in [0.5, 0.6) is 5.75 Å². The van der Waals surface area contributed by atoms with Gasteiger partial charge in [0.2, 0.25) is 5.91 Å². The molecule has 0 fully saturated rings. The fourth-order valence-corrected chi connectivity index (χ4v) is 1.32. The van der Waals surface area contributed by atoms with Gasteiger partial charge in [-0.3, -0.25) is 9.59 Å². The number of amides is 1. The smallest absolute Gasteiger partial charge is 0.315 e. The Morgan fingerprint density at radius 2 is 2.00 bits per heavy atom. The first kappa shape index (κ1) is 14.0. The second-order valence-electron chi connectivity index (χ2n) is 3.52. The Morgan fingerprint density at radius 3 is 2.50 bits per heavy atom. The number of rotatable bonds is 4. The van der Waals surface area contributed by atoms with Gasteiger partial charge in [0.15, 0.2) is 11.6 Å². The van der Waals surface area contributed by atoms with Crippen LogP contribution in [0.2, 0.25) is 0 Å². The van der Waals surface area contributed by atoms with Gasteiger partial charge in [-0.1, -0.05) is 0 Å². The maximum Gasteiger partial charge on any atom is 0.315 e. The van der Waals surface area contributed by atoms with E-state index in [2.05, 4.69) is 4.74 Å². The second kappa shape index (κ2) is 6.00. The van der Waals surface area contributed by atoms with Gasteiger partial charge in [0.1, 0.15) is 6.42 Å². The summed E-state index contributed by atoms with van der Waals surface area (Å²) in [4.78, 5) is 23.8. The number of anilines is 1. The first-order valence-corrected chi connectivity index (χ1v) is 5.16. The Morgan fingerprint density at radius 1 is 1.33 bits per heavy atom. The van der Waals surface area contributed by atoms with Crippen LogP contribution in [0.15, 0.2) is 18.2 Å². The van der Waals surface area contributed by atoms with Crippen LogP contribution in [0.3, 0.4) is 0 Å². The van der Waals surface area contributed by atoms with Gasteiger partial charge in [-0.05, 0) is 12.1 Å². The Balaban J connectivity index is 2.83. The summed E-state index contributed by atoms with van der Waals surface area (Å²) in [5.41, 5.74) is 0.335. The molecule has 0 aromatic heterocycles. The third-order valence-corrected chi connectivity index (χ3v) is 2.42. The van der Waals surface area contributed by atoms with Gasteiger partial charge in [0.25, 0.3) is 0 Å². The van der Waals surface area contributed by atoms with Gasteiger partial charge >= 0.3 is 5.97 Å². The number of carbonyl (C=O) groups excluding carboxylic acids is 2. The average Bonchev–Trinajstić information content (AvgIpc) is 2.37. The lowest BCUT2D eigenvalue weighted by Gasteiger charge is -2.17. The molecule has 0 aliphatic rings. The molecule has 0 unspecified atom stereocenters. The molecule has 0 aliphatic carbocycles. The highest BCUT2D eigenvalue weighted by molar-refractivity contribution is 6.03. The first-order chi connectivity index (χ1) is 8.49. The monoisotopic (exact) mass is 255 g/mol. The summed E-state index contributed by atoms with van der Waals surface area (Å²) in [6.07, 6.45) is -0.388. The van der Waals surface area contributed by atoms with Gasteiger partial charge in [-0.15, -0.1) is 0 Å². The predicted molar refractivity (Wildman–Crippen MR) is 63.0 cm³/mol. The maximum atomic E-state index is 13.4. The van der Waals surface area contributed by atoms with Crippen molar-refractivity contribution in [2.45, 2.75) is 6.42 Å². The molecule has 6 heteroatoms. The SMILES string of the molecule is COC(=O)CC(=O)N(C)c1ccc(OC)c(F)c1. The van der Waals surface area contributed by atoms with Gasteiger partial charge in [0.05, 0.1) is 14.2 Å². The fourth-order valence-electron chi connectivity index (χ4n) is 1.32. The number of methoxy groups -OCH3 is 2. The van der Waals surface area contributed by atoms with Crippen LogP contribution in [0, 0.1) is 5.82 Å². The van der Waals surface area contributed by atoms with Crippen LogP contribution in [0.1, 0.15) is 6.42 Å². The van der Waals surface area contributed by atoms with E-state index in [4.69, 9.17) is 4.74 Å². The Bertz CT molecular complexity index is 461. The highest BCUT2D eigenvalue weighted by atomic mass is 19.1. The molecule has 1 aromatic carbocycles. The van der Waals surface area contributed by atoms with Crippen molar-refractivity contribution in [2.75, 3.05) is 26.2 Å². The molecule has 0 saturated heterocycles. The van der Waals surface area contributed by atoms with E-state index in [0.29, 0.717) is 5.69 Å². The molecule has 1 rings (SSSR count). The van der Waals surface area contributed by atoms with Crippen molar-refractivity contribution in [3.63, 3.8) is 0 Å². The van der Waals surface area contributed by atoms with Crippen molar-refractivity contribution >= 4 is 17.6 Å². The minimum Gasteiger partial charge on any atom is -0.494 e. The van der Waals surface area contributed by atoms with E-state index in [0.717, 1.165) is 6.07 Å². The Kier molecular flexibility index (Phi) is 4.65. The van der Waals surface area contributed by atoms with Gasteiger partial charge in [-0.2, -0.15) is 0 Å². The summed E-state index contributed by atoms with van der Waals surface area (Å²) in [5.74, 6) is -1.60. The summed E-state index contributed by atoms with van der Waals surface area (Å²) < 4.78 is 22.6. The number of carbonyl (C=O) groups is 2. The number of hydrogen-bond donors (Lipinski definition) is 0. The summed E-state index contributed by atoms with van der Waals surface area (Å²) in [6, 6.07) is 4.09. The van der Waals surface area contributed by atoms with Crippen LogP contribution in [0.25, 0.3) is 0 Å². The Labute approximate surface area is 104 Å². The number of esters is 1. The zero-order valence-corrected chi connectivity index (χ0v) is 10.4. The van der Waals surface area contributed by atoms with E-state index >= 15 is 0 Å². The van der Waals surface area contributed by atoms with Crippen molar-refractivity contribution in [2.24, 2.45) is 0 Å². The van der Waals surface area contributed by atoms with Crippen LogP contribution in [0.4, 0.5) is 10.1 Å². The van der Waals surface area contributed by atoms with Gasteiger partial charge in [-0.25, -0.2) is 4.39 Å². The van der Waals surface area contributed by atoms with Crippen molar-refractivity contribution in [1.29, 1.82) is 0 Å². The quantitative estimate of drug-likeness (QED) is 0.602. The highest BCUT2D eigenvalue weighted by Crippen LogP contribution is 2.23. The molecular formula is C12H14FNO4. The minimum atomic E-state index is -0.638. The third-order valence-electron chi connectivity index (χ3n) is 2.42. The summed E-state index contributed by atoms with van der Waals surface area (Å²) in [7, 11) is 4.00. The molecule has 0 saturated carbocycles. The van der Waals surface area contributed by atoms with Crippen molar-refractivity contribution in [1.82, 2.24) is 0 Å². The molecule has 5 nitrogen and oxygen atoms in total. The molecule has 0 aliphatic heterocycles. The molecule has 0 heterocycles. The normalized spacial score (nSPS) is 9.78. The first-order valence-electron chi connectivity index (χ1n) is 5.16. The van der Waals surface area contributed by atoms with Crippen LogP contribution in [-0.2, 0) is 14.3 Å². The molecule has 1 aromatic rings. The number of ether oxygens (including phenoxy) is 2. The molecule has 0 N–H and O–H groups in total. The summed E-state index contributed by atoms with van der Waals surface area (Å²) in [5, 5.41) is 0. The van der Waals surface area contributed by atoms with Gasteiger partial charge in [0, 0.05) is 18.8 Å². The molecule has 18 heavy (non-hydrogen) atoms.